The number of nitrogens with zero attached hydrogens (tertiary/aromatic N) is 3. The van der Waals surface area contributed by atoms with Gasteiger partial charge in [0, 0.05) is 13.2 Å². The minimum Gasteiger partial charge on any atom is -0.275 e. The van der Waals surface area contributed by atoms with Crippen LogP contribution >= 0.6 is 0 Å². The van der Waals surface area contributed by atoms with Crippen molar-refractivity contribution in [2.45, 2.75) is 6.92 Å². The van der Waals surface area contributed by atoms with Gasteiger partial charge in [-0.2, -0.15) is 5.10 Å². The summed E-state index contributed by atoms with van der Waals surface area (Å²) in [7, 11) is 1.69. The van der Waals surface area contributed by atoms with E-state index in [-0.39, 0.29) is 0 Å². The fourth-order valence-corrected chi connectivity index (χ4v) is 0.911. The van der Waals surface area contributed by atoms with Gasteiger partial charge in [0.05, 0.1) is 11.3 Å². The Morgan fingerprint density at radius 3 is 2.83 bits per heavy atom. The van der Waals surface area contributed by atoms with Crippen molar-refractivity contribution in [2.24, 2.45) is 12.0 Å². The third-order valence-corrected chi connectivity index (χ3v) is 1.39. The van der Waals surface area contributed by atoms with Crippen molar-refractivity contribution >= 4 is 12.0 Å². The van der Waals surface area contributed by atoms with Gasteiger partial charge in [0.15, 0.2) is 0 Å². The summed E-state index contributed by atoms with van der Waals surface area (Å²) in [5, 5.41) is 3.92. The highest BCUT2D eigenvalue weighted by molar-refractivity contribution is 5.98. The van der Waals surface area contributed by atoms with Gasteiger partial charge in [-0.25, -0.2) is 4.79 Å². The van der Waals surface area contributed by atoms with E-state index in [9.17, 15) is 9.59 Å². The molecule has 1 rings (SSSR count). The van der Waals surface area contributed by atoms with Crippen molar-refractivity contribution in [1.82, 2.24) is 9.78 Å². The molecule has 0 radical (unpaired) electrons. The first-order valence-corrected chi connectivity index (χ1v) is 3.27. The van der Waals surface area contributed by atoms with E-state index in [1.54, 1.807) is 14.0 Å². The molecule has 1 aromatic heterocycles. The van der Waals surface area contributed by atoms with Crippen LogP contribution in [0.3, 0.4) is 0 Å². The lowest BCUT2D eigenvalue weighted by Gasteiger charge is -1.85. The molecule has 12 heavy (non-hydrogen) atoms. The Hall–Kier alpha value is -1.74. The van der Waals surface area contributed by atoms with E-state index in [4.69, 9.17) is 0 Å². The zero-order valence-electron chi connectivity index (χ0n) is 6.74. The summed E-state index contributed by atoms with van der Waals surface area (Å²) in [5.74, 6) is -0.601. The molecule has 62 valence electrons. The summed E-state index contributed by atoms with van der Waals surface area (Å²) in [6.45, 7) is 1.67. The molecule has 0 aliphatic carbocycles. The van der Waals surface area contributed by atoms with Gasteiger partial charge in [-0.15, -0.1) is 4.99 Å². The number of aliphatic imine (C=N–C) groups is 1. The van der Waals surface area contributed by atoms with Gasteiger partial charge in [-0.05, 0) is 6.92 Å². The largest absolute Gasteiger partial charge is 0.291 e. The van der Waals surface area contributed by atoms with Crippen molar-refractivity contribution in [3.63, 3.8) is 0 Å². The Morgan fingerprint density at radius 2 is 2.42 bits per heavy atom. The fraction of sp³-hybridized carbons (Fsp3) is 0.286. The van der Waals surface area contributed by atoms with Gasteiger partial charge in [0.1, 0.15) is 0 Å². The molecule has 0 bridgehead atoms. The summed E-state index contributed by atoms with van der Waals surface area (Å²) >= 11 is 0. The molecule has 0 spiro atoms. The summed E-state index contributed by atoms with van der Waals surface area (Å²) in [5.41, 5.74) is 0.891. The first kappa shape index (κ1) is 8.36. The van der Waals surface area contributed by atoms with Crippen LogP contribution in [0.25, 0.3) is 0 Å². The first-order chi connectivity index (χ1) is 5.65. The first-order valence-electron chi connectivity index (χ1n) is 3.27. The number of carbonyl (C=O) groups excluding carboxylic acids is 2. The maximum Gasteiger partial charge on any atom is 0.291 e. The molecule has 0 fully saturated rings. The van der Waals surface area contributed by atoms with Gasteiger partial charge < -0.3 is 0 Å². The number of aromatic nitrogens is 2. The summed E-state index contributed by atoms with van der Waals surface area (Å²) in [6, 6.07) is 0. The highest BCUT2D eigenvalue weighted by Gasteiger charge is 2.10. The van der Waals surface area contributed by atoms with Gasteiger partial charge in [0.2, 0.25) is 6.08 Å². The van der Waals surface area contributed by atoms with Crippen LogP contribution in [0.2, 0.25) is 0 Å². The van der Waals surface area contributed by atoms with Crippen LogP contribution in [0.4, 0.5) is 0 Å². The Kier molecular flexibility index (Phi) is 2.16. The molecule has 5 heteroatoms. The maximum absolute atomic E-state index is 11.0. The van der Waals surface area contributed by atoms with Crippen LogP contribution in [0.15, 0.2) is 11.2 Å². The number of carbonyl (C=O) groups is 1. The van der Waals surface area contributed by atoms with Crippen LogP contribution in [-0.4, -0.2) is 21.8 Å². The van der Waals surface area contributed by atoms with Crippen molar-refractivity contribution in [3.8, 4) is 0 Å². The van der Waals surface area contributed by atoms with Crippen LogP contribution in [0.5, 0.6) is 0 Å². The van der Waals surface area contributed by atoms with Gasteiger partial charge in [0.25, 0.3) is 5.91 Å². The van der Waals surface area contributed by atoms with E-state index in [1.807, 2.05) is 0 Å². The van der Waals surface area contributed by atoms with Crippen molar-refractivity contribution in [3.05, 3.63) is 17.5 Å². The van der Waals surface area contributed by atoms with Crippen LogP contribution in [-0.2, 0) is 11.8 Å². The van der Waals surface area contributed by atoms with E-state index >= 15 is 0 Å². The van der Waals surface area contributed by atoms with Gasteiger partial charge in [-0.1, -0.05) is 0 Å². The predicted molar refractivity (Wildman–Crippen MR) is 40.4 cm³/mol. The fourth-order valence-electron chi connectivity index (χ4n) is 0.911. The Morgan fingerprint density at radius 1 is 1.75 bits per heavy atom. The Labute approximate surface area is 68.7 Å². The molecule has 0 saturated carbocycles. The molecule has 0 N–H and O–H groups in total. The molecular formula is C7H7N3O2. The number of aryl methyl sites for hydroxylation is 2. The molecule has 0 unspecified atom stereocenters. The average molecular weight is 165 g/mol. The lowest BCUT2D eigenvalue weighted by Crippen LogP contribution is -1.94. The van der Waals surface area contributed by atoms with E-state index in [0.717, 1.165) is 0 Å². The minimum atomic E-state index is -0.601. The number of hydrogen-bond donors (Lipinski definition) is 0. The lowest BCUT2D eigenvalue weighted by molar-refractivity contribution is 0.100. The zero-order chi connectivity index (χ0) is 9.14. The molecule has 0 aliphatic rings. The standard InChI is InChI=1S/C7H7N3O2/c1-5-6(3-10(2)9-5)7(12)8-4-11/h3H,1-2H3. The SMILES string of the molecule is Cc1nn(C)cc1C(=O)N=C=O. The van der Waals surface area contributed by atoms with Crippen LogP contribution in [0.1, 0.15) is 16.1 Å². The maximum atomic E-state index is 11.0. The minimum absolute atomic E-state index is 0.334. The average Bonchev–Trinajstić information content (AvgIpc) is 2.30. The third kappa shape index (κ3) is 1.46. The number of amides is 1. The highest BCUT2D eigenvalue weighted by Crippen LogP contribution is 2.05. The normalized spacial score (nSPS) is 9.17. The smallest absolute Gasteiger partial charge is 0.275 e. The summed E-state index contributed by atoms with van der Waals surface area (Å²) in [4.78, 5) is 23.7. The molecule has 1 aromatic rings. The van der Waals surface area contributed by atoms with E-state index in [0.29, 0.717) is 11.3 Å². The van der Waals surface area contributed by atoms with E-state index in [1.165, 1.54) is 17.0 Å². The molecule has 5 nitrogen and oxygen atoms in total. The number of isocyanates is 1. The zero-order valence-corrected chi connectivity index (χ0v) is 6.74. The molecule has 0 aliphatic heterocycles. The molecule has 0 atom stereocenters. The molecule has 1 amide bonds. The monoisotopic (exact) mass is 165 g/mol. The van der Waals surface area contributed by atoms with Gasteiger partial charge >= 0.3 is 0 Å². The summed E-state index contributed by atoms with van der Waals surface area (Å²) in [6.07, 6.45) is 2.70. The second-order valence-electron chi connectivity index (χ2n) is 2.31. The lowest BCUT2D eigenvalue weighted by atomic mass is 10.2. The van der Waals surface area contributed by atoms with E-state index < -0.39 is 5.91 Å². The highest BCUT2D eigenvalue weighted by atomic mass is 16.2. The second kappa shape index (κ2) is 3.11. The predicted octanol–water partition coefficient (Wildman–Crippen LogP) is 0.205. The van der Waals surface area contributed by atoms with Crippen molar-refractivity contribution in [1.29, 1.82) is 0 Å². The third-order valence-electron chi connectivity index (χ3n) is 1.39. The quantitative estimate of drug-likeness (QED) is 0.441. The molecule has 0 saturated heterocycles. The molecular weight excluding hydrogens is 158 g/mol. The molecule has 0 aromatic carbocycles. The van der Waals surface area contributed by atoms with Gasteiger partial charge in [-0.3, -0.25) is 9.48 Å². The second-order valence-corrected chi connectivity index (χ2v) is 2.31. The topological polar surface area (TPSA) is 64.3 Å². The Balaban J connectivity index is 3.10. The number of rotatable bonds is 1. The van der Waals surface area contributed by atoms with Crippen LogP contribution in [0, 0.1) is 6.92 Å². The molecule has 1 heterocycles. The Bertz CT molecular complexity index is 361. The van der Waals surface area contributed by atoms with E-state index in [2.05, 4.69) is 10.1 Å². The van der Waals surface area contributed by atoms with Crippen LogP contribution < -0.4 is 0 Å². The number of hydrogen-bond acceptors (Lipinski definition) is 3. The van der Waals surface area contributed by atoms with Crippen molar-refractivity contribution in [2.75, 3.05) is 0 Å². The van der Waals surface area contributed by atoms with Crippen molar-refractivity contribution < 1.29 is 9.59 Å². The summed E-state index contributed by atoms with van der Waals surface area (Å²) < 4.78 is 1.49.